The molecule has 1 aromatic heterocycles. The fraction of sp³-hybridized carbons (Fsp3) is 0.533. The minimum atomic E-state index is -4.32. The van der Waals surface area contributed by atoms with Crippen molar-refractivity contribution in [3.05, 3.63) is 35.0 Å². The SMILES string of the molecule is CCCN1C2C3=C4C1C4N(c1ccc(C(F)(F)F)cn1)C32. The van der Waals surface area contributed by atoms with Crippen molar-refractivity contribution in [2.45, 2.75) is 43.7 Å². The van der Waals surface area contributed by atoms with Crippen molar-refractivity contribution >= 4 is 5.82 Å². The number of hydrogen-bond donors (Lipinski definition) is 0. The Morgan fingerprint density at radius 1 is 1.10 bits per heavy atom. The second-order valence-electron chi connectivity index (χ2n) is 6.24. The van der Waals surface area contributed by atoms with Crippen LogP contribution in [0.25, 0.3) is 0 Å². The van der Waals surface area contributed by atoms with E-state index >= 15 is 0 Å². The van der Waals surface area contributed by atoms with Gasteiger partial charge in [-0.1, -0.05) is 6.92 Å². The Morgan fingerprint density at radius 3 is 2.24 bits per heavy atom. The van der Waals surface area contributed by atoms with Crippen molar-refractivity contribution in [2.24, 2.45) is 0 Å². The van der Waals surface area contributed by atoms with Crippen LogP contribution in [0.15, 0.2) is 29.5 Å². The quantitative estimate of drug-likeness (QED) is 0.798. The first-order valence-corrected chi connectivity index (χ1v) is 7.35. The summed E-state index contributed by atoms with van der Waals surface area (Å²) in [6, 6.07) is 4.44. The molecule has 0 amide bonds. The predicted molar refractivity (Wildman–Crippen MR) is 70.9 cm³/mol. The summed E-state index contributed by atoms with van der Waals surface area (Å²) in [5.41, 5.74) is 2.38. The molecule has 3 nitrogen and oxygen atoms in total. The fourth-order valence-electron chi connectivity index (χ4n) is 4.35. The Morgan fingerprint density at radius 2 is 1.76 bits per heavy atom. The number of piperazine rings is 1. The Labute approximate surface area is 120 Å². The number of halogens is 3. The number of nitrogens with zero attached hydrogens (tertiary/aromatic N) is 3. The number of aromatic nitrogens is 1. The minimum Gasteiger partial charge on any atom is -0.339 e. The maximum atomic E-state index is 12.6. The van der Waals surface area contributed by atoms with Gasteiger partial charge in [0, 0.05) is 6.20 Å². The van der Waals surface area contributed by atoms with Crippen molar-refractivity contribution in [3.63, 3.8) is 0 Å². The topological polar surface area (TPSA) is 19.4 Å². The van der Waals surface area contributed by atoms with E-state index < -0.39 is 11.7 Å². The zero-order valence-corrected chi connectivity index (χ0v) is 11.4. The normalized spacial score (nSPS) is 35.5. The molecule has 21 heavy (non-hydrogen) atoms. The van der Waals surface area contributed by atoms with Crippen molar-refractivity contribution < 1.29 is 13.2 Å². The van der Waals surface area contributed by atoms with Crippen LogP contribution in [0.3, 0.4) is 0 Å². The summed E-state index contributed by atoms with van der Waals surface area (Å²) in [5.74, 6) is 0.687. The van der Waals surface area contributed by atoms with E-state index in [1.165, 1.54) is 17.2 Å². The highest BCUT2D eigenvalue weighted by molar-refractivity contribution is 5.79. The van der Waals surface area contributed by atoms with E-state index in [0.29, 0.717) is 30.0 Å². The number of anilines is 1. The van der Waals surface area contributed by atoms with Crippen LogP contribution in [0.1, 0.15) is 18.9 Å². The van der Waals surface area contributed by atoms with Gasteiger partial charge in [-0.2, -0.15) is 13.2 Å². The maximum absolute atomic E-state index is 12.6. The number of pyridine rings is 1. The van der Waals surface area contributed by atoms with Crippen LogP contribution in [-0.4, -0.2) is 40.6 Å². The number of rotatable bonds is 3. The lowest BCUT2D eigenvalue weighted by Crippen LogP contribution is -2.46. The van der Waals surface area contributed by atoms with Gasteiger partial charge < -0.3 is 4.90 Å². The van der Waals surface area contributed by atoms with Gasteiger partial charge in [-0.15, -0.1) is 0 Å². The van der Waals surface area contributed by atoms with Crippen LogP contribution < -0.4 is 4.90 Å². The molecule has 3 heterocycles. The summed E-state index contributed by atoms with van der Waals surface area (Å²) in [4.78, 5) is 8.85. The van der Waals surface area contributed by atoms with Crippen LogP contribution in [-0.2, 0) is 6.18 Å². The molecule has 0 saturated heterocycles. The lowest BCUT2D eigenvalue weighted by Gasteiger charge is -2.32. The molecule has 1 aromatic rings. The number of alkyl halides is 3. The highest BCUT2D eigenvalue weighted by Gasteiger charge is 2.78. The molecule has 5 rings (SSSR count). The van der Waals surface area contributed by atoms with E-state index in [0.717, 1.165) is 25.2 Å². The van der Waals surface area contributed by atoms with E-state index in [1.54, 1.807) is 0 Å². The zero-order chi connectivity index (χ0) is 14.5. The third-order valence-electron chi connectivity index (χ3n) is 5.12. The van der Waals surface area contributed by atoms with Gasteiger partial charge in [-0.25, -0.2) is 4.98 Å². The average molecular weight is 293 g/mol. The highest BCUT2D eigenvalue weighted by Crippen LogP contribution is 2.69. The summed E-state index contributed by atoms with van der Waals surface area (Å²) in [6.07, 6.45) is -2.22. The van der Waals surface area contributed by atoms with Crippen LogP contribution in [0.4, 0.5) is 19.0 Å². The van der Waals surface area contributed by atoms with E-state index in [9.17, 15) is 13.2 Å². The van der Waals surface area contributed by atoms with Gasteiger partial charge in [0.05, 0.1) is 29.7 Å². The van der Waals surface area contributed by atoms with E-state index in [1.807, 2.05) is 0 Å². The molecule has 110 valence electrons. The zero-order valence-electron chi connectivity index (χ0n) is 11.4. The molecule has 0 radical (unpaired) electrons. The molecule has 2 aliphatic carbocycles. The molecule has 0 bridgehead atoms. The molecular formula is C15H14F3N3. The van der Waals surface area contributed by atoms with Gasteiger partial charge >= 0.3 is 6.18 Å². The van der Waals surface area contributed by atoms with E-state index in [4.69, 9.17) is 0 Å². The third-order valence-corrected chi connectivity index (χ3v) is 5.12. The second kappa shape index (κ2) is 3.43. The lowest BCUT2D eigenvalue weighted by molar-refractivity contribution is -0.137. The Hall–Kier alpha value is -1.56. The first-order chi connectivity index (χ1) is 10.0. The molecular weight excluding hydrogens is 279 g/mol. The summed E-state index contributed by atoms with van der Waals surface area (Å²) in [6.45, 7) is 3.30. The Kier molecular flexibility index (Phi) is 1.96. The second-order valence-corrected chi connectivity index (χ2v) is 6.24. The van der Waals surface area contributed by atoms with Crippen LogP contribution in [0.2, 0.25) is 0 Å². The molecule has 4 atom stereocenters. The molecule has 2 saturated carbocycles. The van der Waals surface area contributed by atoms with Crippen LogP contribution >= 0.6 is 0 Å². The third kappa shape index (κ3) is 1.32. The summed E-state index contributed by atoms with van der Waals surface area (Å²) < 4.78 is 37.8. The number of hydrogen-bond acceptors (Lipinski definition) is 3. The van der Waals surface area contributed by atoms with Crippen molar-refractivity contribution in [2.75, 3.05) is 11.4 Å². The van der Waals surface area contributed by atoms with Crippen molar-refractivity contribution in [3.8, 4) is 0 Å². The lowest BCUT2D eigenvalue weighted by atomic mass is 10.2. The Bertz CT molecular complexity index is 638. The van der Waals surface area contributed by atoms with Crippen molar-refractivity contribution in [1.82, 2.24) is 9.88 Å². The van der Waals surface area contributed by atoms with Crippen molar-refractivity contribution in [1.29, 1.82) is 0 Å². The van der Waals surface area contributed by atoms with Gasteiger partial charge in [0.2, 0.25) is 0 Å². The minimum absolute atomic E-state index is 0.380. The first-order valence-electron chi connectivity index (χ1n) is 7.35. The summed E-state index contributed by atoms with van der Waals surface area (Å²) >= 11 is 0. The molecule has 2 fully saturated rings. The molecule has 4 aliphatic rings. The predicted octanol–water partition coefficient (Wildman–Crippen LogP) is 2.44. The van der Waals surface area contributed by atoms with Gasteiger partial charge in [0.25, 0.3) is 0 Å². The average Bonchev–Trinajstić information content (AvgIpc) is 3.29. The maximum Gasteiger partial charge on any atom is 0.417 e. The number of fused-ring (bicyclic) bond motifs is 2. The highest BCUT2D eigenvalue weighted by atomic mass is 19.4. The summed E-state index contributed by atoms with van der Waals surface area (Å²) in [7, 11) is 0. The first kappa shape index (κ1) is 12.0. The van der Waals surface area contributed by atoms with E-state index in [-0.39, 0.29) is 0 Å². The molecule has 6 heteroatoms. The van der Waals surface area contributed by atoms with Gasteiger partial charge in [0.1, 0.15) is 5.82 Å². The monoisotopic (exact) mass is 293 g/mol. The van der Waals surface area contributed by atoms with Gasteiger partial charge in [0.15, 0.2) is 0 Å². The Balaban J connectivity index is 1.42. The largest absolute Gasteiger partial charge is 0.417 e. The van der Waals surface area contributed by atoms with Gasteiger partial charge in [-0.3, -0.25) is 4.90 Å². The van der Waals surface area contributed by atoms with Gasteiger partial charge in [-0.05, 0) is 36.2 Å². The smallest absolute Gasteiger partial charge is 0.339 e. The van der Waals surface area contributed by atoms with E-state index in [2.05, 4.69) is 21.7 Å². The van der Waals surface area contributed by atoms with Crippen LogP contribution in [0, 0.1) is 0 Å². The molecule has 0 aromatic carbocycles. The standard InChI is InChI=1S/C15H14F3N3/c1-2-5-20-11-9-10-12(20)14(10)21(13(9)11)8-4-3-7(6-19-8)15(16,17)18/h3-4,6,11-14H,2,5H2,1H3. The molecule has 4 unspecified atom stereocenters. The molecule has 0 N–H and O–H groups in total. The van der Waals surface area contributed by atoms with Crippen LogP contribution in [0.5, 0.6) is 0 Å². The summed E-state index contributed by atoms with van der Waals surface area (Å²) in [5, 5.41) is 0. The molecule has 0 spiro atoms. The fourth-order valence-corrected chi connectivity index (χ4v) is 4.35. The molecule has 2 aliphatic heterocycles.